The number of nitrogens with zero attached hydrogens (tertiary/aromatic N) is 1. The van der Waals surface area contributed by atoms with Gasteiger partial charge in [-0.25, -0.2) is 21.1 Å². The van der Waals surface area contributed by atoms with E-state index in [0.29, 0.717) is 17.5 Å². The Labute approximate surface area is 149 Å². The maximum Gasteiger partial charge on any atom is 0.251 e. The van der Waals surface area contributed by atoms with Crippen LogP contribution in [-0.2, 0) is 19.9 Å². The molecule has 0 aliphatic carbocycles. The lowest BCUT2D eigenvalue weighted by atomic mass is 10.00. The molecule has 1 aliphatic rings. The van der Waals surface area contributed by atoms with Crippen LogP contribution in [0.15, 0.2) is 17.0 Å². The molecule has 9 heteroatoms. The monoisotopic (exact) mass is 388 g/mol. The van der Waals surface area contributed by atoms with E-state index < -0.39 is 31.3 Å². The summed E-state index contributed by atoms with van der Waals surface area (Å²) in [5.41, 5.74) is 0.626. The number of amides is 1. The van der Waals surface area contributed by atoms with E-state index >= 15 is 0 Å². The van der Waals surface area contributed by atoms with Crippen LogP contribution in [-0.4, -0.2) is 58.2 Å². The molecule has 7 nitrogen and oxygen atoms in total. The Morgan fingerprint density at radius 3 is 2.32 bits per heavy atom. The molecule has 2 rings (SSSR count). The van der Waals surface area contributed by atoms with Gasteiger partial charge in [-0.05, 0) is 50.5 Å². The van der Waals surface area contributed by atoms with Gasteiger partial charge in [0.15, 0.2) is 9.84 Å². The van der Waals surface area contributed by atoms with Gasteiger partial charge < -0.3 is 5.32 Å². The Bertz CT molecular complexity index is 920. The first-order valence-corrected chi connectivity index (χ1v) is 11.1. The zero-order chi connectivity index (χ0) is 19.2. The minimum absolute atomic E-state index is 0.0387. The van der Waals surface area contributed by atoms with Crippen molar-refractivity contribution in [3.05, 3.63) is 28.8 Å². The Hall–Kier alpha value is -1.45. The van der Waals surface area contributed by atoms with Crippen LogP contribution in [0.2, 0.25) is 0 Å². The van der Waals surface area contributed by atoms with E-state index in [1.54, 1.807) is 26.8 Å². The van der Waals surface area contributed by atoms with Crippen LogP contribution in [0.4, 0.5) is 0 Å². The van der Waals surface area contributed by atoms with Crippen LogP contribution in [0.25, 0.3) is 0 Å². The van der Waals surface area contributed by atoms with Crippen LogP contribution in [0, 0.1) is 13.8 Å². The third kappa shape index (κ3) is 4.04. The topological polar surface area (TPSA) is 101 Å². The molecule has 0 saturated carbocycles. The standard InChI is InChI=1S/C16H24N2O5S2/c1-11-8-13(9-14(12(11)2)25(22,23)18(4)5)15(19)17-16(3)6-7-24(20,21)10-16/h8-9H,6-7,10H2,1-5H3,(H,17,19)/t16-/m0/s1. The van der Waals surface area contributed by atoms with Gasteiger partial charge in [-0.1, -0.05) is 0 Å². The number of hydrogen-bond acceptors (Lipinski definition) is 5. The van der Waals surface area contributed by atoms with Crippen molar-refractivity contribution < 1.29 is 21.6 Å². The van der Waals surface area contributed by atoms with E-state index in [2.05, 4.69) is 5.32 Å². The first kappa shape index (κ1) is 19.9. The number of hydrogen-bond donors (Lipinski definition) is 1. The van der Waals surface area contributed by atoms with Crippen LogP contribution in [0.5, 0.6) is 0 Å². The zero-order valence-electron chi connectivity index (χ0n) is 15.1. The number of nitrogens with one attached hydrogen (secondary N) is 1. The molecule has 1 heterocycles. The number of rotatable bonds is 4. The number of benzene rings is 1. The van der Waals surface area contributed by atoms with Gasteiger partial charge in [0.2, 0.25) is 10.0 Å². The molecule has 0 bridgehead atoms. The van der Waals surface area contributed by atoms with E-state index in [4.69, 9.17) is 0 Å². The predicted molar refractivity (Wildman–Crippen MR) is 95.9 cm³/mol. The third-order valence-corrected chi connectivity index (χ3v) is 8.40. The highest BCUT2D eigenvalue weighted by Crippen LogP contribution is 2.26. The predicted octanol–water partition coefficient (Wildman–Crippen LogP) is 0.861. The highest BCUT2D eigenvalue weighted by Gasteiger charge is 2.39. The summed E-state index contributed by atoms with van der Waals surface area (Å²) in [6.45, 7) is 5.12. The van der Waals surface area contributed by atoms with Gasteiger partial charge in [0.25, 0.3) is 5.91 Å². The molecular weight excluding hydrogens is 364 g/mol. The minimum atomic E-state index is -3.69. The fraction of sp³-hybridized carbons (Fsp3) is 0.562. The molecule has 140 valence electrons. The molecular formula is C16H24N2O5S2. The van der Waals surface area contributed by atoms with E-state index in [-0.39, 0.29) is 22.0 Å². The van der Waals surface area contributed by atoms with Gasteiger partial charge in [-0.2, -0.15) is 0 Å². The van der Waals surface area contributed by atoms with E-state index in [1.165, 1.54) is 20.2 Å². The van der Waals surface area contributed by atoms with Gasteiger partial charge in [0.05, 0.1) is 21.9 Å². The lowest BCUT2D eigenvalue weighted by Gasteiger charge is -2.24. The van der Waals surface area contributed by atoms with E-state index in [9.17, 15) is 21.6 Å². The van der Waals surface area contributed by atoms with Crippen molar-refractivity contribution in [2.24, 2.45) is 0 Å². The fourth-order valence-corrected chi connectivity index (χ4v) is 6.19. The molecule has 1 atom stereocenters. The van der Waals surface area contributed by atoms with Gasteiger partial charge >= 0.3 is 0 Å². The number of carbonyl (C=O) groups is 1. The summed E-state index contributed by atoms with van der Waals surface area (Å²) in [5.74, 6) is -0.547. The Morgan fingerprint density at radius 2 is 1.84 bits per heavy atom. The van der Waals surface area contributed by atoms with Gasteiger partial charge in [-0.15, -0.1) is 0 Å². The van der Waals surface area contributed by atoms with Crippen molar-refractivity contribution in [1.82, 2.24) is 9.62 Å². The minimum Gasteiger partial charge on any atom is -0.346 e. The maximum absolute atomic E-state index is 12.6. The number of aryl methyl sites for hydroxylation is 1. The van der Waals surface area contributed by atoms with Crippen molar-refractivity contribution in [1.29, 1.82) is 0 Å². The second kappa shape index (κ2) is 6.37. The molecule has 1 N–H and O–H groups in total. The zero-order valence-corrected chi connectivity index (χ0v) is 16.7. The van der Waals surface area contributed by atoms with E-state index in [1.807, 2.05) is 0 Å². The summed E-state index contributed by atoms with van der Waals surface area (Å²) in [6, 6.07) is 2.96. The lowest BCUT2D eigenvalue weighted by molar-refractivity contribution is 0.0915. The molecule has 1 saturated heterocycles. The van der Waals surface area contributed by atoms with Crippen molar-refractivity contribution >= 4 is 25.8 Å². The Balaban J connectivity index is 2.41. The van der Waals surface area contributed by atoms with Crippen molar-refractivity contribution in [2.75, 3.05) is 25.6 Å². The summed E-state index contributed by atoms with van der Waals surface area (Å²) < 4.78 is 49.4. The van der Waals surface area contributed by atoms with Crippen LogP contribution >= 0.6 is 0 Å². The molecule has 1 fully saturated rings. The third-order valence-electron chi connectivity index (χ3n) is 4.56. The molecule has 25 heavy (non-hydrogen) atoms. The molecule has 1 aromatic carbocycles. The summed E-state index contributed by atoms with van der Waals surface area (Å²) in [5, 5.41) is 2.76. The SMILES string of the molecule is Cc1cc(C(=O)N[C@@]2(C)CCS(=O)(=O)C2)cc(S(=O)(=O)N(C)C)c1C. The summed E-state index contributed by atoms with van der Waals surface area (Å²) in [7, 11) is -3.98. The molecule has 0 spiro atoms. The Kier molecular flexibility index (Phi) is 5.06. The normalized spacial score (nSPS) is 23.0. The molecule has 1 aliphatic heterocycles. The molecule has 1 amide bonds. The van der Waals surface area contributed by atoms with Gasteiger partial charge in [-0.3, -0.25) is 4.79 Å². The lowest BCUT2D eigenvalue weighted by Crippen LogP contribution is -2.47. The van der Waals surface area contributed by atoms with Crippen LogP contribution in [0.1, 0.15) is 34.8 Å². The molecule has 0 aromatic heterocycles. The van der Waals surface area contributed by atoms with Gasteiger partial charge in [0, 0.05) is 19.7 Å². The van der Waals surface area contributed by atoms with Gasteiger partial charge in [0.1, 0.15) is 0 Å². The quantitative estimate of drug-likeness (QED) is 0.824. The molecule has 0 radical (unpaired) electrons. The van der Waals surface area contributed by atoms with Crippen molar-refractivity contribution in [3.63, 3.8) is 0 Å². The van der Waals surface area contributed by atoms with Crippen molar-refractivity contribution in [3.8, 4) is 0 Å². The summed E-state index contributed by atoms with van der Waals surface area (Å²) in [6.07, 6.45) is 0.342. The summed E-state index contributed by atoms with van der Waals surface area (Å²) in [4.78, 5) is 12.7. The highest BCUT2D eigenvalue weighted by molar-refractivity contribution is 7.91. The van der Waals surface area contributed by atoms with Crippen LogP contribution in [0.3, 0.4) is 0 Å². The second-order valence-corrected chi connectivity index (χ2v) is 11.4. The second-order valence-electron chi connectivity index (χ2n) is 7.06. The maximum atomic E-state index is 12.6. The first-order valence-electron chi connectivity index (χ1n) is 7.84. The first-order chi connectivity index (χ1) is 11.3. The largest absolute Gasteiger partial charge is 0.346 e. The van der Waals surface area contributed by atoms with Crippen molar-refractivity contribution in [2.45, 2.75) is 37.6 Å². The number of carbonyl (C=O) groups excluding carboxylic acids is 1. The average molecular weight is 389 g/mol. The Morgan fingerprint density at radius 1 is 1.24 bits per heavy atom. The van der Waals surface area contributed by atoms with Crippen LogP contribution < -0.4 is 5.32 Å². The summed E-state index contributed by atoms with van der Waals surface area (Å²) >= 11 is 0. The molecule has 1 aromatic rings. The fourth-order valence-electron chi connectivity index (χ4n) is 2.88. The molecule has 0 unspecified atom stereocenters. The van der Waals surface area contributed by atoms with E-state index in [0.717, 1.165) is 4.31 Å². The number of sulfone groups is 1. The highest BCUT2D eigenvalue weighted by atomic mass is 32.2. The smallest absolute Gasteiger partial charge is 0.251 e. The number of sulfonamides is 1. The average Bonchev–Trinajstić information content (AvgIpc) is 2.74.